The molecule has 1 heterocycles. The summed E-state index contributed by atoms with van der Waals surface area (Å²) >= 11 is 0. The lowest BCUT2D eigenvalue weighted by atomic mass is 9.82. The fraction of sp³-hybridized carbons (Fsp3) is 0.491. The van der Waals surface area contributed by atoms with Gasteiger partial charge in [-0.25, -0.2) is 13.6 Å². The van der Waals surface area contributed by atoms with Gasteiger partial charge in [-0.1, -0.05) is 58.0 Å². The van der Waals surface area contributed by atoms with Gasteiger partial charge in [0, 0.05) is 80.7 Å². The third-order valence-electron chi connectivity index (χ3n) is 12.2. The number of aliphatic hydroxyl groups is 1. The Bertz CT molecular complexity index is 2620. The molecule has 7 amide bonds. The Hall–Kier alpha value is -7.89. The number of nitrogens with zero attached hydrogens (tertiary/aromatic N) is 2. The van der Waals surface area contributed by atoms with Crippen molar-refractivity contribution in [3.63, 3.8) is 0 Å². The second-order valence-corrected chi connectivity index (χ2v) is 19.8. The second kappa shape index (κ2) is 30.0. The van der Waals surface area contributed by atoms with Gasteiger partial charge in [0.15, 0.2) is 5.78 Å². The van der Waals surface area contributed by atoms with E-state index in [0.717, 1.165) is 23.8 Å². The Morgan fingerprint density at radius 2 is 1.39 bits per heavy atom. The van der Waals surface area contributed by atoms with Gasteiger partial charge >= 0.3 is 11.9 Å². The first kappa shape index (κ1) is 63.4. The number of halogens is 2. The Labute approximate surface area is 444 Å². The van der Waals surface area contributed by atoms with E-state index in [1.54, 1.807) is 55.8 Å². The number of hydrogen-bond acceptors (Lipinski definition) is 12. The Morgan fingerprint density at radius 3 is 1.99 bits per heavy atom. The van der Waals surface area contributed by atoms with E-state index in [-0.39, 0.29) is 42.7 Å². The van der Waals surface area contributed by atoms with Crippen molar-refractivity contribution >= 4 is 64.9 Å². The van der Waals surface area contributed by atoms with Crippen molar-refractivity contribution < 1.29 is 76.8 Å². The number of amides is 7. The number of aliphatic carboxylic acids is 2. The summed E-state index contributed by atoms with van der Waals surface area (Å²) in [5.74, 6) is -12.5. The van der Waals surface area contributed by atoms with Gasteiger partial charge in [-0.05, 0) is 68.4 Å². The first-order chi connectivity index (χ1) is 36.1. The van der Waals surface area contributed by atoms with Gasteiger partial charge in [0.25, 0.3) is 0 Å². The SMILES string of the molecule is CC(=O)CCCC(=O)N[C@@H](C)C(=O)C[C@@H](C)C(=O)N[C@@H](CC(N)=O)C(=O)N[C@@H](CCN(C(=O)CO)[C@@H](c1cc(-c2cc(F)ccc2F)cn1Cc1ccccc1)C(C)(C)C)C(=O)NCCC(=O)N[C@H](CCC(=O)O)C(=O)O. The number of rotatable bonds is 32. The predicted molar refractivity (Wildman–Crippen MR) is 274 cm³/mol. The van der Waals surface area contributed by atoms with Crippen LogP contribution < -0.4 is 32.3 Å². The monoisotopic (exact) mass is 1080 g/mol. The van der Waals surface area contributed by atoms with Crippen molar-refractivity contribution in [2.24, 2.45) is 17.1 Å². The third kappa shape index (κ3) is 21.0. The highest BCUT2D eigenvalue weighted by molar-refractivity contribution is 5.97. The van der Waals surface area contributed by atoms with Crippen LogP contribution in [0.3, 0.4) is 0 Å². The minimum atomic E-state index is -1.77. The lowest BCUT2D eigenvalue weighted by molar-refractivity contribution is -0.143. The van der Waals surface area contributed by atoms with Crippen LogP contribution in [0.4, 0.5) is 8.78 Å². The van der Waals surface area contributed by atoms with Crippen molar-refractivity contribution in [3.8, 4) is 11.1 Å². The first-order valence-electron chi connectivity index (χ1n) is 24.9. The lowest BCUT2D eigenvalue weighted by Crippen LogP contribution is -2.56. The maximum atomic E-state index is 15.4. The van der Waals surface area contributed by atoms with Gasteiger partial charge in [-0.2, -0.15) is 0 Å². The average molecular weight is 1080 g/mol. The number of carbonyl (C=O) groups is 11. The zero-order valence-corrected chi connectivity index (χ0v) is 44.0. The molecule has 0 fully saturated rings. The number of primary amides is 1. The van der Waals surface area contributed by atoms with Crippen molar-refractivity contribution in [1.29, 1.82) is 0 Å². The second-order valence-electron chi connectivity index (χ2n) is 19.8. The predicted octanol–water partition coefficient (Wildman–Crippen LogP) is 2.42. The summed E-state index contributed by atoms with van der Waals surface area (Å²) in [5, 5.41) is 41.0. The van der Waals surface area contributed by atoms with E-state index < -0.39 is 170 Å². The van der Waals surface area contributed by atoms with E-state index in [4.69, 9.17) is 10.8 Å². The molecule has 0 aliphatic rings. The van der Waals surface area contributed by atoms with Crippen LogP contribution in [0.1, 0.15) is 117 Å². The Balaban J connectivity index is 2.03. The summed E-state index contributed by atoms with van der Waals surface area (Å²) in [7, 11) is 0. The standard InChI is InChI=1S/C53H70F2N8O14/c1-30(23-42(66)32(3)58-44(68)14-10-11-31(2)65)49(73)61-40(26-43(56)67)51(75)60-38(50(74)57-21-19-45(69)59-39(52(76)77)17-18-47(71)72)20-22-63(46(70)29-64)48(53(4,5)6)41-24-34(36-25-35(54)15-16-37(36)55)28-62(41)27-33-12-8-7-9-13-33/h7-9,12-13,15-16,24-25,28,30,32,38-40,48,64H,10-11,14,17-23,26-27,29H2,1-6H3,(H2,56,67)(H,57,74)(H,58,68)(H,59,69)(H,60,75)(H,61,73)(H,71,72)(H,76,77)/t30-,32+,38+,39-,40+,48+/m1/s1. The molecule has 77 heavy (non-hydrogen) atoms. The van der Waals surface area contributed by atoms with Gasteiger partial charge in [0.2, 0.25) is 41.4 Å². The number of aromatic nitrogens is 1. The summed E-state index contributed by atoms with van der Waals surface area (Å²) in [6.07, 6.45) is -1.30. The molecule has 420 valence electrons. The summed E-state index contributed by atoms with van der Waals surface area (Å²) in [4.78, 5) is 142. The van der Waals surface area contributed by atoms with E-state index in [2.05, 4.69) is 26.6 Å². The van der Waals surface area contributed by atoms with Crippen LogP contribution in [0.5, 0.6) is 0 Å². The van der Waals surface area contributed by atoms with Crippen LogP contribution in [0.25, 0.3) is 11.1 Å². The molecule has 0 unspecified atom stereocenters. The number of hydrogen-bond donors (Lipinski definition) is 9. The molecule has 6 atom stereocenters. The number of carboxylic acids is 2. The molecular formula is C53H70F2N8O14. The van der Waals surface area contributed by atoms with Crippen LogP contribution in [0.15, 0.2) is 60.8 Å². The number of aliphatic hydroxyl groups excluding tert-OH is 1. The highest BCUT2D eigenvalue weighted by Gasteiger charge is 2.39. The zero-order chi connectivity index (χ0) is 57.7. The maximum Gasteiger partial charge on any atom is 0.326 e. The molecule has 0 radical (unpaired) electrons. The summed E-state index contributed by atoms with van der Waals surface area (Å²) in [6, 6.07) is 6.48. The van der Waals surface area contributed by atoms with E-state index >= 15 is 4.39 Å². The number of nitrogens with two attached hydrogens (primary N) is 1. The third-order valence-corrected chi connectivity index (χ3v) is 12.2. The largest absolute Gasteiger partial charge is 0.481 e. The Morgan fingerprint density at radius 1 is 0.740 bits per heavy atom. The smallest absolute Gasteiger partial charge is 0.326 e. The molecule has 0 saturated heterocycles. The maximum absolute atomic E-state index is 15.4. The molecular weight excluding hydrogens is 1010 g/mol. The molecule has 2 aromatic carbocycles. The first-order valence-corrected chi connectivity index (χ1v) is 24.9. The number of benzene rings is 2. The van der Waals surface area contributed by atoms with Crippen LogP contribution in [-0.2, 0) is 59.3 Å². The molecule has 24 heteroatoms. The van der Waals surface area contributed by atoms with Crippen molar-refractivity contribution in [2.45, 2.75) is 136 Å². The molecule has 1 aromatic heterocycles. The number of nitrogens with one attached hydrogen (secondary N) is 5. The average Bonchev–Trinajstić information content (AvgIpc) is 3.74. The number of carboxylic acid groups (broad SMARTS) is 2. The van der Waals surface area contributed by atoms with Gasteiger partial charge < -0.3 is 61.9 Å². The van der Waals surface area contributed by atoms with Gasteiger partial charge in [0.1, 0.15) is 42.2 Å². The van der Waals surface area contributed by atoms with E-state index in [9.17, 15) is 67.3 Å². The quantitative estimate of drug-likeness (QED) is 0.0434. The molecule has 3 rings (SSSR count). The van der Waals surface area contributed by atoms with Gasteiger partial charge in [0.05, 0.1) is 18.5 Å². The van der Waals surface area contributed by atoms with Crippen LogP contribution in [0, 0.1) is 23.0 Å². The number of ketones is 2. The lowest BCUT2D eigenvalue weighted by Gasteiger charge is -2.41. The molecule has 0 saturated carbocycles. The Kier molecular flexibility index (Phi) is 24.7. The molecule has 10 N–H and O–H groups in total. The summed E-state index contributed by atoms with van der Waals surface area (Å²) in [5.41, 5.74) is 5.88. The van der Waals surface area contributed by atoms with E-state index in [1.807, 2.05) is 12.1 Å². The fourth-order valence-corrected chi connectivity index (χ4v) is 8.31. The van der Waals surface area contributed by atoms with Crippen LogP contribution >= 0.6 is 0 Å². The van der Waals surface area contributed by atoms with Crippen molar-refractivity contribution in [3.05, 3.63) is 83.7 Å². The topological polar surface area (TPSA) is 343 Å². The minimum Gasteiger partial charge on any atom is -0.481 e. The number of Topliss-reactive ketones (excluding diaryl/α,β-unsaturated/α-hetero) is 2. The molecule has 0 bridgehead atoms. The normalized spacial score (nSPS) is 13.6. The molecule has 3 aromatic rings. The highest BCUT2D eigenvalue weighted by Crippen LogP contribution is 2.41. The van der Waals surface area contributed by atoms with Gasteiger partial charge in [-0.15, -0.1) is 0 Å². The fourth-order valence-electron chi connectivity index (χ4n) is 8.31. The molecule has 0 aliphatic heterocycles. The van der Waals surface area contributed by atoms with Crippen LogP contribution in [-0.4, -0.2) is 134 Å². The molecule has 22 nitrogen and oxygen atoms in total. The van der Waals surface area contributed by atoms with E-state index in [0.29, 0.717) is 5.69 Å². The minimum absolute atomic E-state index is 0.0219. The van der Waals surface area contributed by atoms with Crippen molar-refractivity contribution in [1.82, 2.24) is 36.1 Å². The zero-order valence-electron chi connectivity index (χ0n) is 44.0. The van der Waals surface area contributed by atoms with E-state index in [1.165, 1.54) is 25.7 Å². The summed E-state index contributed by atoms with van der Waals surface area (Å²) < 4.78 is 31.7. The summed E-state index contributed by atoms with van der Waals surface area (Å²) in [6.45, 7) is 7.63. The molecule has 0 aliphatic carbocycles. The van der Waals surface area contributed by atoms with Crippen molar-refractivity contribution in [2.75, 3.05) is 19.7 Å². The molecule has 0 spiro atoms. The highest BCUT2D eigenvalue weighted by atomic mass is 19.1. The van der Waals surface area contributed by atoms with Gasteiger partial charge in [-0.3, -0.25) is 43.2 Å². The number of carbonyl (C=O) groups excluding carboxylic acids is 9. The van der Waals surface area contributed by atoms with Crippen LogP contribution in [0.2, 0.25) is 0 Å².